The van der Waals surface area contributed by atoms with Gasteiger partial charge in [0.2, 0.25) is 0 Å². The molecular formula is C6H4N2O2. The van der Waals surface area contributed by atoms with Crippen LogP contribution in [0.15, 0.2) is 23.6 Å². The average Bonchev–Trinajstić information content (AvgIpc) is 2.13. The summed E-state index contributed by atoms with van der Waals surface area (Å²) in [5.74, 6) is -0.397. The van der Waals surface area contributed by atoms with Crippen LogP contribution >= 0.6 is 0 Å². The number of ether oxygens (including phenoxy) is 1. The van der Waals surface area contributed by atoms with E-state index in [0.717, 1.165) is 12.2 Å². The van der Waals surface area contributed by atoms with Crippen molar-refractivity contribution in [2.24, 2.45) is 5.73 Å². The van der Waals surface area contributed by atoms with Crippen LogP contribution in [0.2, 0.25) is 0 Å². The Bertz CT molecular complexity index is 270. The third-order valence-electron chi connectivity index (χ3n) is 0.964. The number of hydrogen-bond acceptors (Lipinski definition) is 4. The van der Waals surface area contributed by atoms with Crippen molar-refractivity contribution in [1.82, 2.24) is 0 Å². The quantitative estimate of drug-likeness (QED) is 0.369. The normalized spacial score (nSPS) is 20.1. The van der Waals surface area contributed by atoms with Gasteiger partial charge in [-0.1, -0.05) is 0 Å². The van der Waals surface area contributed by atoms with Crippen molar-refractivity contribution < 1.29 is 9.53 Å². The molecule has 0 aromatic rings. The summed E-state index contributed by atoms with van der Waals surface area (Å²) in [5, 5.41) is 8.13. The van der Waals surface area contributed by atoms with Gasteiger partial charge in [0.15, 0.2) is 5.76 Å². The summed E-state index contributed by atoms with van der Waals surface area (Å²) < 4.78 is 4.50. The van der Waals surface area contributed by atoms with Crippen LogP contribution < -0.4 is 5.73 Å². The standard InChI is InChI=1S/C6H4N2O2/c7-2-1-5-4(8)3-6(9)10-5/h1,3H,8H2. The fraction of sp³-hybridized carbons (Fsp3) is 0. The van der Waals surface area contributed by atoms with Gasteiger partial charge in [-0.05, 0) is 0 Å². The van der Waals surface area contributed by atoms with E-state index in [1.165, 1.54) is 0 Å². The van der Waals surface area contributed by atoms with Crippen LogP contribution in [-0.2, 0) is 9.53 Å². The number of rotatable bonds is 0. The highest BCUT2D eigenvalue weighted by Crippen LogP contribution is 2.13. The van der Waals surface area contributed by atoms with E-state index in [1.54, 1.807) is 6.07 Å². The summed E-state index contributed by atoms with van der Waals surface area (Å²) in [5.41, 5.74) is 5.45. The molecule has 1 aliphatic heterocycles. The highest BCUT2D eigenvalue weighted by atomic mass is 16.5. The Morgan fingerprint density at radius 3 is 2.90 bits per heavy atom. The monoisotopic (exact) mass is 136 g/mol. The lowest BCUT2D eigenvalue weighted by Crippen LogP contribution is -1.96. The molecule has 1 rings (SSSR count). The molecule has 10 heavy (non-hydrogen) atoms. The number of nitrogens with zero attached hydrogens (tertiary/aromatic N) is 1. The second kappa shape index (κ2) is 2.23. The number of nitriles is 1. The van der Waals surface area contributed by atoms with Gasteiger partial charge >= 0.3 is 5.97 Å². The van der Waals surface area contributed by atoms with Gasteiger partial charge in [0.25, 0.3) is 0 Å². The molecule has 1 aliphatic rings. The molecule has 0 fully saturated rings. The van der Waals surface area contributed by atoms with Crippen LogP contribution in [0.1, 0.15) is 0 Å². The van der Waals surface area contributed by atoms with Crippen LogP contribution in [0.3, 0.4) is 0 Å². The lowest BCUT2D eigenvalue weighted by Gasteiger charge is -1.92. The van der Waals surface area contributed by atoms with E-state index in [0.29, 0.717) is 0 Å². The fourth-order valence-corrected chi connectivity index (χ4v) is 0.566. The first-order valence-electron chi connectivity index (χ1n) is 2.53. The molecule has 0 saturated carbocycles. The van der Waals surface area contributed by atoms with E-state index in [2.05, 4.69) is 4.74 Å². The number of carbonyl (C=O) groups is 1. The number of allylic oxidation sites excluding steroid dienone is 1. The predicted octanol–water partition coefficient (Wildman–Crippen LogP) is -0.207. The summed E-state index contributed by atoms with van der Waals surface area (Å²) in [6, 6.07) is 1.70. The Hall–Kier alpha value is -1.76. The van der Waals surface area contributed by atoms with E-state index in [1.807, 2.05) is 0 Å². The smallest absolute Gasteiger partial charge is 0.338 e. The summed E-state index contributed by atoms with van der Waals surface area (Å²) in [6.07, 6.45) is 2.21. The summed E-state index contributed by atoms with van der Waals surface area (Å²) in [6.45, 7) is 0. The Morgan fingerprint density at radius 2 is 2.50 bits per heavy atom. The summed E-state index contributed by atoms with van der Waals surface area (Å²) >= 11 is 0. The lowest BCUT2D eigenvalue weighted by atomic mass is 10.4. The maximum Gasteiger partial charge on any atom is 0.338 e. The molecule has 0 bridgehead atoms. The summed E-state index contributed by atoms with van der Waals surface area (Å²) in [4.78, 5) is 10.4. The topological polar surface area (TPSA) is 76.1 Å². The van der Waals surface area contributed by atoms with Crippen molar-refractivity contribution in [3.63, 3.8) is 0 Å². The molecule has 0 aromatic heterocycles. The van der Waals surface area contributed by atoms with Crippen molar-refractivity contribution in [1.29, 1.82) is 5.26 Å². The van der Waals surface area contributed by atoms with E-state index in [-0.39, 0.29) is 11.5 Å². The van der Waals surface area contributed by atoms with Crippen molar-refractivity contribution in [2.45, 2.75) is 0 Å². The molecule has 0 saturated heterocycles. The van der Waals surface area contributed by atoms with E-state index < -0.39 is 5.97 Å². The number of carbonyl (C=O) groups excluding carboxylic acids is 1. The molecule has 50 valence electrons. The molecule has 0 atom stereocenters. The molecular weight excluding hydrogens is 132 g/mol. The molecule has 1 heterocycles. The number of esters is 1. The van der Waals surface area contributed by atoms with Gasteiger partial charge in [-0.25, -0.2) is 4.79 Å². The van der Waals surface area contributed by atoms with Crippen molar-refractivity contribution in [2.75, 3.05) is 0 Å². The Balaban J connectivity index is 2.90. The Morgan fingerprint density at radius 1 is 1.80 bits per heavy atom. The zero-order valence-corrected chi connectivity index (χ0v) is 5.00. The number of hydrogen-bond donors (Lipinski definition) is 1. The van der Waals surface area contributed by atoms with Crippen LogP contribution in [0.4, 0.5) is 0 Å². The molecule has 0 aromatic carbocycles. The van der Waals surface area contributed by atoms with Gasteiger partial charge in [-0.3, -0.25) is 0 Å². The van der Waals surface area contributed by atoms with Gasteiger partial charge in [0, 0.05) is 0 Å². The van der Waals surface area contributed by atoms with Gasteiger partial charge in [-0.2, -0.15) is 5.26 Å². The summed E-state index contributed by atoms with van der Waals surface area (Å²) in [7, 11) is 0. The Labute approximate surface area is 57.2 Å². The second-order valence-corrected chi connectivity index (χ2v) is 1.66. The highest BCUT2D eigenvalue weighted by Gasteiger charge is 2.16. The van der Waals surface area contributed by atoms with Crippen LogP contribution in [0.25, 0.3) is 0 Å². The van der Waals surface area contributed by atoms with Crippen molar-refractivity contribution in [3.05, 3.63) is 23.6 Å². The largest absolute Gasteiger partial charge is 0.420 e. The zero-order valence-electron chi connectivity index (χ0n) is 5.00. The molecule has 0 aliphatic carbocycles. The molecule has 0 amide bonds. The van der Waals surface area contributed by atoms with E-state index in [9.17, 15) is 4.79 Å². The van der Waals surface area contributed by atoms with Crippen LogP contribution in [-0.4, -0.2) is 5.97 Å². The second-order valence-electron chi connectivity index (χ2n) is 1.66. The molecule has 2 N–H and O–H groups in total. The number of cyclic esters (lactones) is 1. The zero-order chi connectivity index (χ0) is 7.56. The van der Waals surface area contributed by atoms with Crippen molar-refractivity contribution >= 4 is 5.97 Å². The predicted molar refractivity (Wildman–Crippen MR) is 32.1 cm³/mol. The molecule has 0 unspecified atom stereocenters. The van der Waals surface area contributed by atoms with Gasteiger partial charge in [0.05, 0.1) is 23.9 Å². The SMILES string of the molecule is N#CC=C1OC(=O)C=C1N. The maximum absolute atomic E-state index is 10.4. The number of nitrogens with two attached hydrogens (primary N) is 1. The van der Waals surface area contributed by atoms with Gasteiger partial charge in [-0.15, -0.1) is 0 Å². The fourth-order valence-electron chi connectivity index (χ4n) is 0.566. The van der Waals surface area contributed by atoms with Gasteiger partial charge < -0.3 is 10.5 Å². The minimum atomic E-state index is -0.529. The first-order chi connectivity index (χ1) is 4.74. The minimum absolute atomic E-state index is 0.132. The van der Waals surface area contributed by atoms with E-state index in [4.69, 9.17) is 11.0 Å². The first-order valence-corrected chi connectivity index (χ1v) is 2.53. The lowest BCUT2D eigenvalue weighted by molar-refractivity contribution is -0.132. The first kappa shape index (κ1) is 6.36. The maximum atomic E-state index is 10.4. The molecule has 4 nitrogen and oxygen atoms in total. The van der Waals surface area contributed by atoms with Crippen LogP contribution in [0, 0.1) is 11.3 Å². The molecule has 0 radical (unpaired) electrons. The Kier molecular flexibility index (Phi) is 1.42. The minimum Gasteiger partial charge on any atom is -0.420 e. The van der Waals surface area contributed by atoms with Crippen LogP contribution in [0.5, 0.6) is 0 Å². The molecule has 4 heteroatoms. The third kappa shape index (κ3) is 0.977. The highest BCUT2D eigenvalue weighted by molar-refractivity contribution is 5.88. The van der Waals surface area contributed by atoms with Crippen molar-refractivity contribution in [3.8, 4) is 6.07 Å². The van der Waals surface area contributed by atoms with E-state index >= 15 is 0 Å². The van der Waals surface area contributed by atoms with Gasteiger partial charge in [0.1, 0.15) is 0 Å². The third-order valence-corrected chi connectivity index (χ3v) is 0.964. The average molecular weight is 136 g/mol. The molecule has 0 spiro atoms.